The molecule has 1 aromatic rings. The van der Waals surface area contributed by atoms with Gasteiger partial charge in [0.05, 0.1) is 4.91 Å². The molecule has 1 aliphatic rings. The minimum Gasteiger partial charge on any atom is -0.384 e. The first kappa shape index (κ1) is 16.2. The number of nitrogens with zero attached hydrogens (tertiary/aromatic N) is 3. The summed E-state index contributed by atoms with van der Waals surface area (Å²) >= 11 is 0. The Kier molecular flexibility index (Phi) is 4.92. The van der Waals surface area contributed by atoms with E-state index in [-0.39, 0.29) is 11.6 Å². The predicted molar refractivity (Wildman–Crippen MR) is 78.8 cm³/mol. The van der Waals surface area contributed by atoms with E-state index in [0.29, 0.717) is 31.1 Å². The highest BCUT2D eigenvalue weighted by Crippen LogP contribution is 2.26. The molecule has 1 aliphatic heterocycles. The third-order valence-electron chi connectivity index (χ3n) is 2.86. The maximum absolute atomic E-state index is 12.1. The summed E-state index contributed by atoms with van der Waals surface area (Å²) in [5.41, 5.74) is -0.613. The lowest BCUT2D eigenvalue weighted by atomic mass is 10.2. The van der Waals surface area contributed by atoms with Gasteiger partial charge < -0.3 is 15.0 Å². The number of rotatable bonds is 3. The molecule has 0 bridgehead atoms. The van der Waals surface area contributed by atoms with Crippen molar-refractivity contribution in [1.29, 1.82) is 0 Å². The molecule has 0 spiro atoms. The molecule has 2 rings (SSSR count). The Labute approximate surface area is 128 Å². The lowest BCUT2D eigenvalue weighted by Gasteiger charge is -2.25. The van der Waals surface area contributed by atoms with Gasteiger partial charge in [0.25, 0.3) is 4.92 Å². The molecule has 1 aromatic heterocycles. The van der Waals surface area contributed by atoms with E-state index < -0.39 is 11.7 Å². The molecule has 0 saturated carbocycles. The van der Waals surface area contributed by atoms with E-state index in [0.717, 1.165) is 0 Å². The molecule has 2 heterocycles. The lowest BCUT2D eigenvalue weighted by Crippen LogP contribution is -2.47. The second kappa shape index (κ2) is 6.69. The number of nitrogens with one attached hydrogen (secondary N) is 1. The highest BCUT2D eigenvalue weighted by atomic mass is 16.8. The van der Waals surface area contributed by atoms with Gasteiger partial charge in [-0.25, -0.2) is 14.6 Å². The second-order valence-corrected chi connectivity index (χ2v) is 5.89. The van der Waals surface area contributed by atoms with Crippen LogP contribution in [0, 0.1) is 4.91 Å². The lowest BCUT2D eigenvalue weighted by molar-refractivity contribution is -0.766. The van der Waals surface area contributed by atoms with Gasteiger partial charge in [-0.15, -0.1) is 0 Å². The van der Waals surface area contributed by atoms with Gasteiger partial charge in [-0.05, 0) is 26.8 Å². The van der Waals surface area contributed by atoms with Crippen LogP contribution in [0.1, 0.15) is 20.8 Å². The fourth-order valence-corrected chi connectivity index (χ4v) is 1.89. The van der Waals surface area contributed by atoms with Gasteiger partial charge in [-0.1, -0.05) is 0 Å². The zero-order valence-corrected chi connectivity index (χ0v) is 13.0. The van der Waals surface area contributed by atoms with Crippen LogP contribution < -0.4 is 10.1 Å². The van der Waals surface area contributed by atoms with E-state index in [4.69, 9.17) is 9.57 Å². The van der Waals surface area contributed by atoms with E-state index in [1.165, 1.54) is 12.3 Å². The van der Waals surface area contributed by atoms with Gasteiger partial charge in [-0.3, -0.25) is 0 Å². The van der Waals surface area contributed by atoms with Crippen molar-refractivity contribution < 1.29 is 19.3 Å². The highest BCUT2D eigenvalue weighted by molar-refractivity contribution is 5.71. The van der Waals surface area contributed by atoms with Crippen molar-refractivity contribution in [3.05, 3.63) is 23.2 Å². The minimum atomic E-state index is -0.669. The largest absolute Gasteiger partial charge is 0.416 e. The van der Waals surface area contributed by atoms with Gasteiger partial charge in [0.2, 0.25) is 0 Å². The van der Waals surface area contributed by atoms with Gasteiger partial charge >= 0.3 is 17.7 Å². The molecule has 0 aliphatic carbocycles. The molecule has 8 nitrogen and oxygen atoms in total. The summed E-state index contributed by atoms with van der Waals surface area (Å²) < 4.78 is 5.25. The van der Waals surface area contributed by atoms with Crippen molar-refractivity contribution in [3.63, 3.8) is 0 Å². The van der Waals surface area contributed by atoms with Crippen molar-refractivity contribution in [2.24, 2.45) is 0 Å². The van der Waals surface area contributed by atoms with E-state index in [1.54, 1.807) is 31.7 Å². The van der Waals surface area contributed by atoms with E-state index >= 15 is 0 Å². The fraction of sp³-hybridized carbons (Fsp3) is 0.571. The smallest absolute Gasteiger partial charge is 0.384 e. The monoisotopic (exact) mass is 309 g/mol. The van der Waals surface area contributed by atoms with Crippen LogP contribution in [-0.4, -0.2) is 52.7 Å². The molecule has 0 aromatic carbocycles. The SMILES string of the molecule is CC(C)(C)O[N+](=O)c1cccnc1OC(=O)N1CCNCC1. The van der Waals surface area contributed by atoms with Crippen LogP contribution >= 0.6 is 0 Å². The molecule has 0 unspecified atom stereocenters. The third-order valence-corrected chi connectivity index (χ3v) is 2.86. The number of piperazine rings is 1. The number of carbonyl (C=O) groups is 1. The van der Waals surface area contributed by atoms with Crippen LogP contribution in [0.25, 0.3) is 0 Å². The Morgan fingerprint density at radius 2 is 2.05 bits per heavy atom. The molecular weight excluding hydrogens is 288 g/mol. The van der Waals surface area contributed by atoms with E-state index in [1.807, 2.05) is 0 Å². The molecule has 1 saturated heterocycles. The maximum Gasteiger partial charge on any atom is 0.416 e. The molecule has 0 atom stereocenters. The quantitative estimate of drug-likeness (QED) is 0.854. The molecule has 120 valence electrons. The Morgan fingerprint density at radius 3 is 2.68 bits per heavy atom. The Bertz CT molecular complexity index is 550. The zero-order valence-electron chi connectivity index (χ0n) is 13.0. The van der Waals surface area contributed by atoms with Gasteiger partial charge in [0, 0.05) is 38.4 Å². The van der Waals surface area contributed by atoms with Crippen LogP contribution in [-0.2, 0) is 4.84 Å². The summed E-state index contributed by atoms with van der Waals surface area (Å²) in [6.45, 7) is 7.79. The van der Waals surface area contributed by atoms with E-state index in [9.17, 15) is 9.70 Å². The Balaban J connectivity index is 2.10. The van der Waals surface area contributed by atoms with Gasteiger partial charge in [0.15, 0.2) is 5.60 Å². The predicted octanol–water partition coefficient (Wildman–Crippen LogP) is 1.63. The zero-order chi connectivity index (χ0) is 16.2. The van der Waals surface area contributed by atoms with Crippen molar-refractivity contribution >= 4 is 11.8 Å². The molecule has 1 N–H and O–H groups in total. The number of hydrogen-bond acceptors (Lipinski definition) is 6. The third kappa shape index (κ3) is 4.39. The minimum absolute atomic E-state index is 0.0564. The fourth-order valence-electron chi connectivity index (χ4n) is 1.89. The second-order valence-electron chi connectivity index (χ2n) is 5.89. The van der Waals surface area contributed by atoms with Gasteiger partial charge in [0.1, 0.15) is 0 Å². The summed E-state index contributed by atoms with van der Waals surface area (Å²) in [5, 5.41) is 3.15. The first-order chi connectivity index (χ1) is 10.4. The first-order valence-electron chi connectivity index (χ1n) is 7.16. The number of amides is 1. The van der Waals surface area contributed by atoms with Crippen molar-refractivity contribution in [2.75, 3.05) is 26.2 Å². The number of aromatic nitrogens is 1. The van der Waals surface area contributed by atoms with E-state index in [2.05, 4.69) is 10.3 Å². The number of hydrogen-bond donors (Lipinski definition) is 1. The molecule has 8 heteroatoms. The normalized spacial score (nSPS) is 15.3. The Hall–Kier alpha value is -2.22. The van der Waals surface area contributed by atoms with Crippen LogP contribution in [0.4, 0.5) is 10.5 Å². The standard InChI is InChI=1S/C14H21N4O4/c1-14(2,3)22-18(20)11-5-4-6-16-12(11)21-13(19)17-9-7-15-8-10-17/h4-6,15H,7-10H2,1-3H3/q+1. The Morgan fingerprint density at radius 1 is 1.36 bits per heavy atom. The van der Waals surface area contributed by atoms with Gasteiger partial charge in [-0.2, -0.15) is 0 Å². The highest BCUT2D eigenvalue weighted by Gasteiger charge is 2.32. The summed E-state index contributed by atoms with van der Waals surface area (Å²) in [5.74, 6) is -0.0646. The molecule has 0 radical (unpaired) electrons. The topological polar surface area (TPSA) is 83.8 Å². The van der Waals surface area contributed by atoms with Crippen molar-refractivity contribution in [1.82, 2.24) is 15.2 Å². The molecule has 22 heavy (non-hydrogen) atoms. The first-order valence-corrected chi connectivity index (χ1v) is 7.16. The summed E-state index contributed by atoms with van der Waals surface area (Å²) in [4.78, 5) is 35.2. The summed E-state index contributed by atoms with van der Waals surface area (Å²) in [7, 11) is 0. The van der Waals surface area contributed by atoms with Crippen LogP contribution in [0.2, 0.25) is 0 Å². The maximum atomic E-state index is 12.1. The van der Waals surface area contributed by atoms with Crippen LogP contribution in [0.15, 0.2) is 18.3 Å². The molecular formula is C14H21N4O4+. The van der Waals surface area contributed by atoms with Crippen molar-refractivity contribution in [2.45, 2.75) is 26.4 Å². The number of ether oxygens (including phenoxy) is 1. The number of pyridine rings is 1. The summed E-state index contributed by atoms with van der Waals surface area (Å²) in [6.07, 6.45) is 0.931. The number of carbonyl (C=O) groups excluding carboxylic acids is 1. The van der Waals surface area contributed by atoms with Crippen LogP contribution in [0.5, 0.6) is 5.88 Å². The summed E-state index contributed by atoms with van der Waals surface area (Å²) in [6, 6.07) is 3.07. The average Bonchev–Trinajstić information content (AvgIpc) is 2.47. The molecule has 1 amide bonds. The van der Waals surface area contributed by atoms with Crippen LogP contribution in [0.3, 0.4) is 0 Å². The van der Waals surface area contributed by atoms with Crippen molar-refractivity contribution in [3.8, 4) is 5.88 Å². The average molecular weight is 309 g/mol. The molecule has 1 fully saturated rings.